The third-order valence-corrected chi connectivity index (χ3v) is 2.75. The monoisotopic (exact) mass is 226 g/mol. The van der Waals surface area contributed by atoms with Crippen LogP contribution < -0.4 is 0 Å². The van der Waals surface area contributed by atoms with Crippen molar-refractivity contribution in [2.75, 3.05) is 0 Å². The topological polar surface area (TPSA) is 17.1 Å². The number of allylic oxidation sites excluding steroid dienone is 3. The lowest BCUT2D eigenvalue weighted by Gasteiger charge is -2.14. The van der Waals surface area contributed by atoms with Crippen LogP contribution in [0.15, 0.2) is 50.1 Å². The number of benzene rings is 1. The maximum Gasteiger partial charge on any atom is 0.150 e. The van der Waals surface area contributed by atoms with E-state index in [-0.39, 0.29) is 0 Å². The van der Waals surface area contributed by atoms with Crippen molar-refractivity contribution in [3.8, 4) is 0 Å². The van der Waals surface area contributed by atoms with Gasteiger partial charge in [0.25, 0.3) is 0 Å². The van der Waals surface area contributed by atoms with Gasteiger partial charge in [-0.1, -0.05) is 30.4 Å². The van der Waals surface area contributed by atoms with Gasteiger partial charge < -0.3 is 0 Å². The van der Waals surface area contributed by atoms with Gasteiger partial charge in [-0.05, 0) is 36.0 Å². The van der Waals surface area contributed by atoms with Crippen LogP contribution in [0.2, 0.25) is 0 Å². The standard InChI is InChI=1S/C16H18O/c1-4-7-13-10-11-14(12-17)16(9-6-3)15(13)8-5-2/h4-6,10-12H,1-3,7-9H2. The lowest BCUT2D eigenvalue weighted by atomic mass is 9.91. The molecule has 0 saturated heterocycles. The van der Waals surface area contributed by atoms with Crippen LogP contribution in [-0.2, 0) is 19.3 Å². The Morgan fingerprint density at radius 1 is 0.882 bits per heavy atom. The highest BCUT2D eigenvalue weighted by molar-refractivity contribution is 5.78. The second kappa shape index (κ2) is 6.64. The van der Waals surface area contributed by atoms with Gasteiger partial charge in [-0.3, -0.25) is 4.79 Å². The summed E-state index contributed by atoms with van der Waals surface area (Å²) in [5.41, 5.74) is 4.20. The van der Waals surface area contributed by atoms with E-state index in [0.29, 0.717) is 6.42 Å². The van der Waals surface area contributed by atoms with Gasteiger partial charge in [0.1, 0.15) is 6.29 Å². The summed E-state index contributed by atoms with van der Waals surface area (Å²) in [6.45, 7) is 11.3. The summed E-state index contributed by atoms with van der Waals surface area (Å²) in [5.74, 6) is 0. The summed E-state index contributed by atoms with van der Waals surface area (Å²) in [6.07, 6.45) is 8.77. The van der Waals surface area contributed by atoms with Crippen molar-refractivity contribution in [3.05, 3.63) is 72.4 Å². The molecule has 1 aromatic carbocycles. The van der Waals surface area contributed by atoms with Gasteiger partial charge >= 0.3 is 0 Å². The number of hydrogen-bond acceptors (Lipinski definition) is 1. The molecule has 0 heterocycles. The van der Waals surface area contributed by atoms with E-state index >= 15 is 0 Å². The molecule has 1 aromatic rings. The van der Waals surface area contributed by atoms with Gasteiger partial charge in [-0.2, -0.15) is 0 Å². The number of carbonyl (C=O) groups excluding carboxylic acids is 1. The lowest BCUT2D eigenvalue weighted by Crippen LogP contribution is -2.03. The molecule has 1 nitrogen and oxygen atoms in total. The van der Waals surface area contributed by atoms with Crippen LogP contribution in [0.25, 0.3) is 0 Å². The van der Waals surface area contributed by atoms with Crippen molar-refractivity contribution in [2.45, 2.75) is 19.3 Å². The van der Waals surface area contributed by atoms with Crippen molar-refractivity contribution in [3.63, 3.8) is 0 Å². The zero-order valence-electron chi connectivity index (χ0n) is 10.1. The Morgan fingerprint density at radius 2 is 1.47 bits per heavy atom. The van der Waals surface area contributed by atoms with Crippen LogP contribution in [0.3, 0.4) is 0 Å². The molecule has 0 bridgehead atoms. The Bertz CT molecular complexity index is 441. The fourth-order valence-corrected chi connectivity index (χ4v) is 2.00. The van der Waals surface area contributed by atoms with Crippen LogP contribution in [0, 0.1) is 0 Å². The molecule has 0 aliphatic carbocycles. The normalized spacial score (nSPS) is 9.65. The zero-order valence-corrected chi connectivity index (χ0v) is 10.1. The second-order valence-electron chi connectivity index (χ2n) is 3.87. The van der Waals surface area contributed by atoms with Crippen molar-refractivity contribution in [2.24, 2.45) is 0 Å². The molecule has 88 valence electrons. The highest BCUT2D eigenvalue weighted by atomic mass is 16.1. The van der Waals surface area contributed by atoms with Gasteiger partial charge in [0.05, 0.1) is 0 Å². The largest absolute Gasteiger partial charge is 0.298 e. The van der Waals surface area contributed by atoms with Crippen molar-refractivity contribution >= 4 is 6.29 Å². The average Bonchev–Trinajstić information content (AvgIpc) is 2.34. The third kappa shape index (κ3) is 3.04. The van der Waals surface area contributed by atoms with Crippen molar-refractivity contribution in [1.29, 1.82) is 0 Å². The summed E-state index contributed by atoms with van der Waals surface area (Å²) in [5, 5.41) is 0. The van der Waals surface area contributed by atoms with Gasteiger partial charge in [0, 0.05) is 5.56 Å². The minimum Gasteiger partial charge on any atom is -0.298 e. The molecule has 0 saturated carbocycles. The fourth-order valence-electron chi connectivity index (χ4n) is 2.00. The molecule has 0 N–H and O–H groups in total. The van der Waals surface area contributed by atoms with E-state index in [1.54, 1.807) is 0 Å². The van der Waals surface area contributed by atoms with E-state index < -0.39 is 0 Å². The Balaban J connectivity index is 3.38. The molecular weight excluding hydrogens is 208 g/mol. The first-order valence-electron chi connectivity index (χ1n) is 5.70. The summed E-state index contributed by atoms with van der Waals surface area (Å²) in [4.78, 5) is 11.0. The van der Waals surface area contributed by atoms with E-state index in [4.69, 9.17) is 0 Å². The van der Waals surface area contributed by atoms with Gasteiger partial charge in [-0.15, -0.1) is 19.7 Å². The number of hydrogen-bond donors (Lipinski definition) is 0. The van der Waals surface area contributed by atoms with Crippen LogP contribution in [-0.4, -0.2) is 6.29 Å². The van der Waals surface area contributed by atoms with Crippen LogP contribution in [0.1, 0.15) is 27.0 Å². The molecule has 0 unspecified atom stereocenters. The molecule has 1 heteroatoms. The second-order valence-corrected chi connectivity index (χ2v) is 3.87. The highest BCUT2D eigenvalue weighted by Crippen LogP contribution is 2.21. The molecule has 0 aromatic heterocycles. The number of rotatable bonds is 7. The SMILES string of the molecule is C=CCc1ccc(C=O)c(CC=C)c1CC=C. The summed E-state index contributed by atoms with van der Waals surface area (Å²) in [6, 6.07) is 3.87. The maximum atomic E-state index is 11.0. The van der Waals surface area contributed by atoms with Gasteiger partial charge in [-0.25, -0.2) is 0 Å². The summed E-state index contributed by atoms with van der Waals surface area (Å²) in [7, 11) is 0. The minimum atomic E-state index is 0.711. The number of carbonyl (C=O) groups is 1. The molecule has 1 rings (SSSR count). The van der Waals surface area contributed by atoms with Gasteiger partial charge in [0.15, 0.2) is 0 Å². The van der Waals surface area contributed by atoms with Crippen molar-refractivity contribution < 1.29 is 4.79 Å². The van der Waals surface area contributed by atoms with Crippen LogP contribution in [0.4, 0.5) is 0 Å². The first kappa shape index (κ1) is 13.2. The van der Waals surface area contributed by atoms with Gasteiger partial charge in [0.2, 0.25) is 0 Å². The minimum absolute atomic E-state index is 0.711. The molecule has 0 aliphatic heterocycles. The summed E-state index contributed by atoms with van der Waals surface area (Å²) < 4.78 is 0. The fraction of sp³-hybridized carbons (Fsp3) is 0.188. The Morgan fingerprint density at radius 3 is 2.00 bits per heavy atom. The molecule has 0 aliphatic rings. The van der Waals surface area contributed by atoms with E-state index in [1.807, 2.05) is 30.4 Å². The molecule has 0 radical (unpaired) electrons. The Kier molecular flexibility index (Phi) is 5.15. The average molecular weight is 226 g/mol. The first-order chi connectivity index (χ1) is 8.28. The molecule has 17 heavy (non-hydrogen) atoms. The molecule has 0 atom stereocenters. The first-order valence-corrected chi connectivity index (χ1v) is 5.70. The lowest BCUT2D eigenvalue weighted by molar-refractivity contribution is 0.112. The Hall–Kier alpha value is -1.89. The third-order valence-electron chi connectivity index (χ3n) is 2.75. The predicted molar refractivity (Wildman–Crippen MR) is 73.5 cm³/mol. The number of aldehydes is 1. The van der Waals surface area contributed by atoms with Crippen LogP contribution in [0.5, 0.6) is 0 Å². The smallest absolute Gasteiger partial charge is 0.150 e. The van der Waals surface area contributed by atoms with E-state index in [2.05, 4.69) is 19.7 Å². The summed E-state index contributed by atoms with van der Waals surface area (Å²) >= 11 is 0. The molecular formula is C16H18O. The molecule has 0 spiro atoms. The van der Waals surface area contributed by atoms with Crippen molar-refractivity contribution in [1.82, 2.24) is 0 Å². The predicted octanol–water partition coefficient (Wildman–Crippen LogP) is 3.68. The maximum absolute atomic E-state index is 11.0. The van der Waals surface area contributed by atoms with Crippen LogP contribution >= 0.6 is 0 Å². The van der Waals surface area contributed by atoms with E-state index in [0.717, 1.165) is 30.3 Å². The van der Waals surface area contributed by atoms with E-state index in [9.17, 15) is 4.79 Å². The van der Waals surface area contributed by atoms with E-state index in [1.165, 1.54) is 11.1 Å². The molecule has 0 fully saturated rings. The Labute approximate surface area is 103 Å². The zero-order chi connectivity index (χ0) is 12.7. The quantitative estimate of drug-likeness (QED) is 0.512. The highest BCUT2D eigenvalue weighted by Gasteiger charge is 2.10. The molecule has 0 amide bonds.